The first-order chi connectivity index (χ1) is 8.10. The molecule has 1 atom stereocenters. The van der Waals surface area contributed by atoms with E-state index in [0.717, 1.165) is 30.7 Å². The second-order valence-electron chi connectivity index (χ2n) is 5.52. The van der Waals surface area contributed by atoms with Crippen LogP contribution < -0.4 is 0 Å². The van der Waals surface area contributed by atoms with Crippen LogP contribution in [0.25, 0.3) is 0 Å². The van der Waals surface area contributed by atoms with Crippen LogP contribution in [-0.4, -0.2) is 47.8 Å². The molecule has 0 aromatic heterocycles. The Morgan fingerprint density at radius 1 is 1.11 bits per heavy atom. The average molecular weight is 282 g/mol. The van der Waals surface area contributed by atoms with E-state index in [4.69, 9.17) is 9.05 Å². The van der Waals surface area contributed by atoms with Gasteiger partial charge in [-0.2, -0.15) is 0 Å². The van der Waals surface area contributed by atoms with Crippen molar-refractivity contribution in [2.24, 2.45) is 0 Å². The van der Waals surface area contributed by atoms with E-state index in [1.54, 1.807) is 20.8 Å². The van der Waals surface area contributed by atoms with Gasteiger partial charge in [0.15, 0.2) is 0 Å². The van der Waals surface area contributed by atoms with E-state index in [2.05, 4.69) is 20.8 Å². The Kier molecular flexibility index (Phi) is 7.04. The van der Waals surface area contributed by atoms with Gasteiger partial charge in [-0.15, -0.1) is 0 Å². The van der Waals surface area contributed by atoms with E-state index in [0.29, 0.717) is 0 Å². The maximum Gasteiger partial charge on any atom is 0.472 e. The third-order valence-electron chi connectivity index (χ3n) is 3.22. The number of phosphoric ester groups is 1. The monoisotopic (exact) mass is 282 g/mol. The number of quaternary nitrogens is 1. The molecule has 0 aromatic carbocycles. The van der Waals surface area contributed by atoms with Gasteiger partial charge in [0.25, 0.3) is 0 Å². The first kappa shape index (κ1) is 18.1. The van der Waals surface area contributed by atoms with Gasteiger partial charge in [0.05, 0.1) is 25.2 Å². The summed E-state index contributed by atoms with van der Waals surface area (Å²) in [6, 6.07) is 0. The summed E-state index contributed by atoms with van der Waals surface area (Å²) in [4.78, 5) is 9.57. The molecule has 0 heterocycles. The number of phosphoric acid groups is 1. The normalized spacial score (nSPS) is 16.6. The average Bonchev–Trinajstić information content (AvgIpc) is 2.21. The summed E-state index contributed by atoms with van der Waals surface area (Å²) < 4.78 is 22.6. The number of likely N-dealkylation sites (N-methyl/N-ethyl adjacent to an activating group) is 1. The van der Waals surface area contributed by atoms with Crippen LogP contribution in [0.2, 0.25) is 0 Å². The molecular formula is C12H29NO4P+. The van der Waals surface area contributed by atoms with Gasteiger partial charge in [-0.05, 0) is 41.5 Å². The summed E-state index contributed by atoms with van der Waals surface area (Å²) in [5.41, 5.74) is -0.684. The van der Waals surface area contributed by atoms with Crippen LogP contribution in [0, 0.1) is 0 Å². The van der Waals surface area contributed by atoms with Crippen LogP contribution in [0.3, 0.4) is 0 Å². The summed E-state index contributed by atoms with van der Waals surface area (Å²) >= 11 is 0. The molecule has 110 valence electrons. The largest absolute Gasteiger partial charge is 0.472 e. The lowest BCUT2D eigenvalue weighted by molar-refractivity contribution is -0.923. The molecule has 0 saturated carbocycles. The molecule has 0 saturated heterocycles. The molecule has 0 bridgehead atoms. The fourth-order valence-electron chi connectivity index (χ4n) is 1.87. The van der Waals surface area contributed by atoms with Crippen LogP contribution in [0.4, 0.5) is 0 Å². The standard InChI is InChI=1S/C12H28NO4P/c1-7-13(8-2,9-3)10-11-16-18(14,15)17-12(4,5)6/h7-11H2,1-6H3/p+1. The van der Waals surface area contributed by atoms with E-state index in [9.17, 15) is 9.46 Å². The van der Waals surface area contributed by atoms with Crippen LogP contribution in [0.15, 0.2) is 0 Å². The second kappa shape index (κ2) is 7.01. The zero-order valence-corrected chi connectivity index (χ0v) is 13.5. The molecule has 6 heteroatoms. The summed E-state index contributed by atoms with van der Waals surface area (Å²) in [5.74, 6) is 0. The van der Waals surface area contributed by atoms with Crippen molar-refractivity contribution in [2.75, 3.05) is 32.8 Å². The molecule has 0 spiro atoms. The predicted octanol–water partition coefficient (Wildman–Crippen LogP) is 2.80. The van der Waals surface area contributed by atoms with Gasteiger partial charge in [-0.1, -0.05) is 0 Å². The Hall–Kier alpha value is 0.0700. The SMILES string of the molecule is CC[N+](CC)(CC)CCOP(=O)(O)OC(C)(C)C. The molecule has 0 rings (SSSR count). The summed E-state index contributed by atoms with van der Waals surface area (Å²) in [6.45, 7) is 15.5. The Bertz CT molecular complexity index is 276. The summed E-state index contributed by atoms with van der Waals surface area (Å²) in [6.07, 6.45) is 0. The zero-order valence-electron chi connectivity index (χ0n) is 12.6. The smallest absolute Gasteiger partial charge is 0.322 e. The Morgan fingerprint density at radius 2 is 1.56 bits per heavy atom. The van der Waals surface area contributed by atoms with Gasteiger partial charge in [-0.3, -0.25) is 9.05 Å². The van der Waals surface area contributed by atoms with E-state index >= 15 is 0 Å². The maximum atomic E-state index is 11.7. The molecule has 1 unspecified atom stereocenters. The fraction of sp³-hybridized carbons (Fsp3) is 1.00. The summed E-state index contributed by atoms with van der Waals surface area (Å²) in [7, 11) is -3.94. The molecule has 0 aromatic rings. The van der Waals surface area contributed by atoms with Crippen LogP contribution >= 0.6 is 7.82 Å². The number of rotatable bonds is 8. The van der Waals surface area contributed by atoms with Crippen molar-refractivity contribution in [3.05, 3.63) is 0 Å². The zero-order chi connectivity index (χ0) is 14.4. The fourth-order valence-corrected chi connectivity index (χ4v) is 2.92. The first-order valence-corrected chi connectivity index (χ1v) is 8.12. The molecule has 0 aliphatic rings. The highest BCUT2D eigenvalue weighted by atomic mass is 31.2. The third-order valence-corrected chi connectivity index (χ3v) is 4.51. The van der Waals surface area contributed by atoms with Crippen LogP contribution in [-0.2, 0) is 13.6 Å². The number of hydrogen-bond donors (Lipinski definition) is 1. The Labute approximate surface area is 111 Å². The lowest BCUT2D eigenvalue weighted by atomic mass is 10.2. The molecule has 0 fully saturated rings. The highest BCUT2D eigenvalue weighted by molar-refractivity contribution is 7.47. The number of nitrogens with zero attached hydrogens (tertiary/aromatic N) is 1. The molecule has 18 heavy (non-hydrogen) atoms. The highest BCUT2D eigenvalue weighted by Gasteiger charge is 2.30. The second-order valence-corrected chi connectivity index (χ2v) is 6.90. The highest BCUT2D eigenvalue weighted by Crippen LogP contribution is 2.46. The molecule has 1 N–H and O–H groups in total. The van der Waals surface area contributed by atoms with Gasteiger partial charge in [0.2, 0.25) is 0 Å². The molecule has 0 aliphatic carbocycles. The van der Waals surface area contributed by atoms with Crippen molar-refractivity contribution in [3.63, 3.8) is 0 Å². The van der Waals surface area contributed by atoms with Crippen molar-refractivity contribution in [1.82, 2.24) is 0 Å². The molecular weight excluding hydrogens is 253 g/mol. The minimum Gasteiger partial charge on any atom is -0.322 e. The van der Waals surface area contributed by atoms with Gasteiger partial charge >= 0.3 is 7.82 Å². The lowest BCUT2D eigenvalue weighted by Crippen LogP contribution is -2.49. The Morgan fingerprint density at radius 3 is 1.89 bits per heavy atom. The minimum atomic E-state index is -3.94. The topological polar surface area (TPSA) is 55.8 Å². The van der Waals surface area contributed by atoms with Crippen molar-refractivity contribution < 1.29 is 23.0 Å². The van der Waals surface area contributed by atoms with E-state index in [1.165, 1.54) is 0 Å². The molecule has 0 radical (unpaired) electrons. The van der Waals surface area contributed by atoms with Crippen molar-refractivity contribution in [1.29, 1.82) is 0 Å². The van der Waals surface area contributed by atoms with E-state index in [1.807, 2.05) is 0 Å². The quantitative estimate of drug-likeness (QED) is 0.549. The molecule has 0 aliphatic heterocycles. The lowest BCUT2D eigenvalue weighted by Gasteiger charge is -2.35. The first-order valence-electron chi connectivity index (χ1n) is 6.63. The van der Waals surface area contributed by atoms with Crippen molar-refractivity contribution in [2.45, 2.75) is 47.1 Å². The van der Waals surface area contributed by atoms with E-state index in [-0.39, 0.29) is 6.61 Å². The van der Waals surface area contributed by atoms with Crippen LogP contribution in [0.1, 0.15) is 41.5 Å². The molecule has 0 amide bonds. The van der Waals surface area contributed by atoms with Crippen molar-refractivity contribution in [3.8, 4) is 0 Å². The van der Waals surface area contributed by atoms with Gasteiger partial charge < -0.3 is 9.38 Å². The van der Waals surface area contributed by atoms with Gasteiger partial charge in [-0.25, -0.2) is 4.57 Å². The van der Waals surface area contributed by atoms with Gasteiger partial charge in [0, 0.05) is 0 Å². The van der Waals surface area contributed by atoms with Crippen LogP contribution in [0.5, 0.6) is 0 Å². The minimum absolute atomic E-state index is 0.235. The Balaban J connectivity index is 4.29. The number of hydrogen-bond acceptors (Lipinski definition) is 3. The van der Waals surface area contributed by atoms with Crippen molar-refractivity contribution >= 4 is 7.82 Å². The maximum absolute atomic E-state index is 11.7. The van der Waals surface area contributed by atoms with E-state index < -0.39 is 13.4 Å². The van der Waals surface area contributed by atoms with Gasteiger partial charge in [0.1, 0.15) is 13.2 Å². The predicted molar refractivity (Wildman–Crippen MR) is 73.4 cm³/mol. The molecule has 5 nitrogen and oxygen atoms in total. The third kappa shape index (κ3) is 6.86. The summed E-state index contributed by atoms with van der Waals surface area (Å²) in [5, 5.41) is 0.